The zero-order chi connectivity index (χ0) is 18.4. The molecular formula is C19H29N3O3. The van der Waals surface area contributed by atoms with Crippen molar-refractivity contribution in [3.8, 4) is 0 Å². The zero-order valence-electron chi connectivity index (χ0n) is 15.6. The molecule has 1 aliphatic heterocycles. The summed E-state index contributed by atoms with van der Waals surface area (Å²) in [6.07, 6.45) is 1.29. The monoisotopic (exact) mass is 347 g/mol. The Balaban J connectivity index is 2.07. The summed E-state index contributed by atoms with van der Waals surface area (Å²) in [5.41, 5.74) is 1.37. The van der Waals surface area contributed by atoms with Crippen molar-refractivity contribution >= 4 is 17.5 Å². The molecule has 0 aliphatic carbocycles. The average molecular weight is 347 g/mol. The van der Waals surface area contributed by atoms with Crippen LogP contribution in [0.2, 0.25) is 0 Å². The fraction of sp³-hybridized carbons (Fsp3) is 0.579. The van der Waals surface area contributed by atoms with Crippen molar-refractivity contribution in [2.75, 3.05) is 32.1 Å². The molecule has 0 spiro atoms. The number of carbonyl (C=O) groups is 2. The van der Waals surface area contributed by atoms with E-state index in [0.717, 1.165) is 18.7 Å². The van der Waals surface area contributed by atoms with Crippen LogP contribution in [-0.2, 0) is 9.53 Å². The summed E-state index contributed by atoms with van der Waals surface area (Å²) in [5, 5.41) is 9.10. The van der Waals surface area contributed by atoms with E-state index >= 15 is 0 Å². The topological polar surface area (TPSA) is 79.5 Å². The second-order valence-corrected chi connectivity index (χ2v) is 7.04. The van der Waals surface area contributed by atoms with Gasteiger partial charge >= 0.3 is 0 Å². The van der Waals surface area contributed by atoms with Crippen LogP contribution >= 0.6 is 0 Å². The van der Waals surface area contributed by atoms with E-state index in [1.165, 1.54) is 0 Å². The molecule has 2 rings (SSSR count). The van der Waals surface area contributed by atoms with Gasteiger partial charge in [-0.1, -0.05) is 13.8 Å². The summed E-state index contributed by atoms with van der Waals surface area (Å²) >= 11 is 0. The minimum atomic E-state index is -0.787. The summed E-state index contributed by atoms with van der Waals surface area (Å²) < 4.78 is 5.55. The van der Waals surface area contributed by atoms with Gasteiger partial charge in [0.1, 0.15) is 5.60 Å². The number of aryl methyl sites for hydroxylation is 1. The van der Waals surface area contributed by atoms with Crippen molar-refractivity contribution in [3.05, 3.63) is 29.3 Å². The van der Waals surface area contributed by atoms with Gasteiger partial charge in [-0.15, -0.1) is 0 Å². The number of hydrogen-bond acceptors (Lipinski definition) is 4. The molecule has 0 atom stereocenters. The normalized spacial score (nSPS) is 16.5. The molecule has 1 heterocycles. The number of piperidine rings is 1. The van der Waals surface area contributed by atoms with Crippen LogP contribution in [0.3, 0.4) is 0 Å². The molecule has 1 aromatic carbocycles. The number of ether oxygens (including phenoxy) is 1. The molecule has 0 aromatic heterocycles. The number of benzene rings is 1. The van der Waals surface area contributed by atoms with Crippen molar-refractivity contribution < 1.29 is 14.3 Å². The van der Waals surface area contributed by atoms with Crippen LogP contribution in [0.25, 0.3) is 0 Å². The van der Waals surface area contributed by atoms with E-state index in [9.17, 15) is 9.59 Å². The molecule has 1 fully saturated rings. The van der Waals surface area contributed by atoms with Gasteiger partial charge in [0.25, 0.3) is 11.8 Å². The Morgan fingerprint density at radius 3 is 2.52 bits per heavy atom. The Kier molecular flexibility index (Phi) is 6.56. The van der Waals surface area contributed by atoms with Crippen LogP contribution in [-0.4, -0.2) is 44.2 Å². The van der Waals surface area contributed by atoms with Gasteiger partial charge < -0.3 is 20.7 Å². The largest absolute Gasteiger partial charge is 0.368 e. The standard InChI is InChI=1S/C19H29N3O3/c1-13(2)12-21-17(23)15-5-6-16(14(3)11-15)22-18(24)19(25-4)7-9-20-10-8-19/h5-6,11,13,20H,7-10,12H2,1-4H3,(H,21,23)(H,22,24). The lowest BCUT2D eigenvalue weighted by Crippen LogP contribution is -2.51. The third-order valence-electron chi connectivity index (χ3n) is 4.62. The van der Waals surface area contributed by atoms with Gasteiger partial charge in [0, 0.05) is 24.9 Å². The molecule has 138 valence electrons. The summed E-state index contributed by atoms with van der Waals surface area (Å²) in [6.45, 7) is 8.15. The maximum Gasteiger partial charge on any atom is 0.256 e. The van der Waals surface area contributed by atoms with Crippen LogP contribution in [0, 0.1) is 12.8 Å². The van der Waals surface area contributed by atoms with Gasteiger partial charge in [0.2, 0.25) is 0 Å². The molecule has 6 nitrogen and oxygen atoms in total. The Labute approximate surface area is 149 Å². The third-order valence-corrected chi connectivity index (χ3v) is 4.62. The molecule has 1 saturated heterocycles. The summed E-state index contributed by atoms with van der Waals surface area (Å²) in [4.78, 5) is 24.9. The third kappa shape index (κ3) is 4.80. The number of hydrogen-bond donors (Lipinski definition) is 3. The maximum absolute atomic E-state index is 12.7. The lowest BCUT2D eigenvalue weighted by molar-refractivity contribution is -0.140. The Bertz CT molecular complexity index is 622. The van der Waals surface area contributed by atoms with Gasteiger partial charge in [0.05, 0.1) is 0 Å². The lowest BCUT2D eigenvalue weighted by atomic mass is 9.91. The predicted molar refractivity (Wildman–Crippen MR) is 98.8 cm³/mol. The average Bonchev–Trinajstić information content (AvgIpc) is 2.61. The van der Waals surface area contributed by atoms with Crippen molar-refractivity contribution in [2.45, 2.75) is 39.2 Å². The van der Waals surface area contributed by atoms with Crippen LogP contribution < -0.4 is 16.0 Å². The van der Waals surface area contributed by atoms with Crippen molar-refractivity contribution in [3.63, 3.8) is 0 Å². The highest BCUT2D eigenvalue weighted by atomic mass is 16.5. The minimum Gasteiger partial charge on any atom is -0.368 e. The first-order chi connectivity index (χ1) is 11.9. The van der Waals surface area contributed by atoms with Crippen molar-refractivity contribution in [1.82, 2.24) is 10.6 Å². The Morgan fingerprint density at radius 2 is 1.96 bits per heavy atom. The van der Waals surface area contributed by atoms with E-state index in [-0.39, 0.29) is 11.8 Å². The number of amides is 2. The molecular weight excluding hydrogens is 318 g/mol. The van der Waals surface area contributed by atoms with E-state index in [2.05, 4.69) is 29.8 Å². The number of methoxy groups -OCH3 is 1. The molecule has 0 unspecified atom stereocenters. The summed E-state index contributed by atoms with van der Waals surface area (Å²) in [6, 6.07) is 5.31. The number of nitrogens with one attached hydrogen (secondary N) is 3. The highest BCUT2D eigenvalue weighted by Crippen LogP contribution is 2.26. The summed E-state index contributed by atoms with van der Waals surface area (Å²) in [7, 11) is 1.58. The minimum absolute atomic E-state index is 0.0959. The quantitative estimate of drug-likeness (QED) is 0.736. The molecule has 25 heavy (non-hydrogen) atoms. The Morgan fingerprint density at radius 1 is 1.28 bits per heavy atom. The van der Waals surface area contributed by atoms with Crippen molar-refractivity contribution in [2.24, 2.45) is 5.92 Å². The van der Waals surface area contributed by atoms with Crippen LogP contribution in [0.4, 0.5) is 5.69 Å². The second kappa shape index (κ2) is 8.45. The van der Waals surface area contributed by atoms with E-state index in [4.69, 9.17) is 4.74 Å². The molecule has 3 N–H and O–H groups in total. The zero-order valence-corrected chi connectivity index (χ0v) is 15.6. The first-order valence-corrected chi connectivity index (χ1v) is 8.84. The molecule has 1 aromatic rings. The molecule has 2 amide bonds. The van der Waals surface area contributed by atoms with Gasteiger partial charge in [-0.05, 0) is 62.5 Å². The maximum atomic E-state index is 12.7. The van der Waals surface area contributed by atoms with Crippen molar-refractivity contribution in [1.29, 1.82) is 0 Å². The SMILES string of the molecule is COC1(C(=O)Nc2ccc(C(=O)NCC(C)C)cc2C)CCNCC1. The predicted octanol–water partition coefficient (Wildman–Crippen LogP) is 2.09. The fourth-order valence-corrected chi connectivity index (χ4v) is 2.93. The summed E-state index contributed by atoms with van der Waals surface area (Å²) in [5.74, 6) is 0.178. The lowest BCUT2D eigenvalue weighted by Gasteiger charge is -2.34. The van der Waals surface area contributed by atoms with Crippen LogP contribution in [0.1, 0.15) is 42.6 Å². The highest BCUT2D eigenvalue weighted by Gasteiger charge is 2.39. The first kappa shape index (κ1) is 19.4. The smallest absolute Gasteiger partial charge is 0.256 e. The van der Waals surface area contributed by atoms with Gasteiger partial charge in [0.15, 0.2) is 0 Å². The van der Waals surface area contributed by atoms with E-state index in [1.807, 2.05) is 6.92 Å². The van der Waals surface area contributed by atoms with Gasteiger partial charge in [-0.2, -0.15) is 0 Å². The molecule has 1 aliphatic rings. The molecule has 0 radical (unpaired) electrons. The number of carbonyl (C=O) groups excluding carboxylic acids is 2. The fourth-order valence-electron chi connectivity index (χ4n) is 2.93. The van der Waals surface area contributed by atoms with E-state index in [0.29, 0.717) is 36.6 Å². The second-order valence-electron chi connectivity index (χ2n) is 7.04. The van der Waals surface area contributed by atoms with Crippen LogP contribution in [0.15, 0.2) is 18.2 Å². The first-order valence-electron chi connectivity index (χ1n) is 8.84. The van der Waals surface area contributed by atoms with Gasteiger partial charge in [-0.25, -0.2) is 0 Å². The van der Waals surface area contributed by atoms with E-state index < -0.39 is 5.60 Å². The van der Waals surface area contributed by atoms with Crippen LogP contribution in [0.5, 0.6) is 0 Å². The molecule has 0 saturated carbocycles. The van der Waals surface area contributed by atoms with E-state index in [1.54, 1.807) is 25.3 Å². The number of anilines is 1. The molecule has 0 bridgehead atoms. The highest BCUT2D eigenvalue weighted by molar-refractivity contribution is 5.99. The molecule has 6 heteroatoms. The number of rotatable bonds is 6. The van der Waals surface area contributed by atoms with Gasteiger partial charge in [-0.3, -0.25) is 9.59 Å². The Hall–Kier alpha value is -1.92.